The number of hydrogen-bond donors (Lipinski definition) is 0. The van der Waals surface area contributed by atoms with E-state index in [1.807, 2.05) is 6.20 Å². The van der Waals surface area contributed by atoms with E-state index in [0.29, 0.717) is 0 Å². The van der Waals surface area contributed by atoms with Crippen LogP contribution in [0.2, 0.25) is 0 Å². The summed E-state index contributed by atoms with van der Waals surface area (Å²) in [4.78, 5) is 0. The van der Waals surface area contributed by atoms with Crippen LogP contribution in [-0.4, -0.2) is 9.78 Å². The van der Waals surface area contributed by atoms with Crippen molar-refractivity contribution in [1.82, 2.24) is 9.78 Å². The molecule has 18 heavy (non-hydrogen) atoms. The van der Waals surface area contributed by atoms with E-state index in [1.165, 1.54) is 35.2 Å². The first kappa shape index (κ1) is 12.0. The molecule has 1 saturated carbocycles. The van der Waals surface area contributed by atoms with Crippen LogP contribution in [0.3, 0.4) is 0 Å². The number of benzene rings is 1. The smallest absolute Gasteiger partial charge is 0.0662 e. The Morgan fingerprint density at radius 3 is 2.89 bits per heavy atom. The van der Waals surface area contributed by atoms with Crippen LogP contribution in [-0.2, 0) is 11.9 Å². The van der Waals surface area contributed by atoms with E-state index in [2.05, 4.69) is 56.9 Å². The van der Waals surface area contributed by atoms with E-state index >= 15 is 0 Å². The highest BCUT2D eigenvalue weighted by Crippen LogP contribution is 2.42. The van der Waals surface area contributed by atoms with Crippen LogP contribution in [0.15, 0.2) is 30.5 Å². The molecule has 1 fully saturated rings. The van der Waals surface area contributed by atoms with E-state index in [0.717, 1.165) is 17.8 Å². The minimum atomic E-state index is 0.741. The van der Waals surface area contributed by atoms with Crippen molar-refractivity contribution >= 4 is 15.9 Å². The van der Waals surface area contributed by atoms with Crippen molar-refractivity contribution in [2.24, 2.45) is 0 Å². The first-order valence-corrected chi connectivity index (χ1v) is 7.56. The zero-order valence-electron chi connectivity index (χ0n) is 10.6. The average molecular weight is 305 g/mol. The van der Waals surface area contributed by atoms with E-state index in [1.54, 1.807) is 0 Å². The van der Waals surface area contributed by atoms with Crippen LogP contribution in [0, 0.1) is 6.92 Å². The van der Waals surface area contributed by atoms with E-state index in [9.17, 15) is 0 Å². The topological polar surface area (TPSA) is 17.8 Å². The van der Waals surface area contributed by atoms with Crippen molar-refractivity contribution in [3.05, 3.63) is 52.8 Å². The van der Waals surface area contributed by atoms with E-state index < -0.39 is 0 Å². The summed E-state index contributed by atoms with van der Waals surface area (Å²) < 4.78 is 2.18. The number of aryl methyl sites for hydroxylation is 1. The van der Waals surface area contributed by atoms with Gasteiger partial charge in [-0.1, -0.05) is 45.8 Å². The van der Waals surface area contributed by atoms with Crippen LogP contribution >= 0.6 is 15.9 Å². The van der Waals surface area contributed by atoms with Gasteiger partial charge < -0.3 is 0 Å². The lowest BCUT2D eigenvalue weighted by Gasteiger charge is -2.09. The number of halogens is 1. The molecule has 3 rings (SSSR count). The zero-order chi connectivity index (χ0) is 12.5. The Morgan fingerprint density at radius 1 is 1.39 bits per heavy atom. The molecule has 1 aliphatic carbocycles. The Balaban J connectivity index is 1.90. The standard InChI is InChI=1S/C15H17BrN2/c1-11-3-2-4-12(7-11)10-18-15(13-5-6-13)14(8-16)9-17-18/h2-4,7,9,13H,5-6,8,10H2,1H3. The van der Waals surface area contributed by atoms with Crippen molar-refractivity contribution in [3.8, 4) is 0 Å². The molecule has 0 saturated heterocycles. The van der Waals surface area contributed by atoms with E-state index in [-0.39, 0.29) is 0 Å². The van der Waals surface area contributed by atoms with Crippen molar-refractivity contribution < 1.29 is 0 Å². The largest absolute Gasteiger partial charge is 0.265 e. The maximum Gasteiger partial charge on any atom is 0.0662 e. The fourth-order valence-electron chi connectivity index (χ4n) is 2.48. The van der Waals surface area contributed by atoms with Crippen LogP contribution in [0.4, 0.5) is 0 Å². The zero-order valence-corrected chi connectivity index (χ0v) is 12.2. The number of nitrogens with zero attached hydrogens (tertiary/aromatic N) is 2. The van der Waals surface area contributed by atoms with Gasteiger partial charge in [0, 0.05) is 22.5 Å². The molecule has 0 unspecified atom stereocenters. The highest BCUT2D eigenvalue weighted by Gasteiger charge is 2.29. The molecule has 0 amide bonds. The van der Waals surface area contributed by atoms with Crippen molar-refractivity contribution in [3.63, 3.8) is 0 Å². The fraction of sp³-hybridized carbons (Fsp3) is 0.400. The van der Waals surface area contributed by atoms with Gasteiger partial charge in [-0.25, -0.2) is 0 Å². The third kappa shape index (κ3) is 2.37. The summed E-state index contributed by atoms with van der Waals surface area (Å²) >= 11 is 3.56. The van der Waals surface area contributed by atoms with E-state index in [4.69, 9.17) is 0 Å². The van der Waals surface area contributed by atoms with Gasteiger partial charge in [0.15, 0.2) is 0 Å². The first-order valence-electron chi connectivity index (χ1n) is 6.44. The lowest BCUT2D eigenvalue weighted by molar-refractivity contribution is 0.645. The third-order valence-corrected chi connectivity index (χ3v) is 4.09. The molecule has 2 nitrogen and oxygen atoms in total. The summed E-state index contributed by atoms with van der Waals surface area (Å²) in [6, 6.07) is 8.68. The summed E-state index contributed by atoms with van der Waals surface area (Å²) in [6.07, 6.45) is 4.65. The second kappa shape index (κ2) is 4.88. The molecule has 0 aliphatic heterocycles. The molecule has 0 N–H and O–H groups in total. The molecule has 2 aromatic rings. The summed E-state index contributed by atoms with van der Waals surface area (Å²) in [5, 5.41) is 5.47. The molecule has 94 valence electrons. The summed E-state index contributed by atoms with van der Waals surface area (Å²) in [7, 11) is 0. The van der Waals surface area contributed by atoms with Gasteiger partial charge in [0.05, 0.1) is 12.7 Å². The maximum absolute atomic E-state index is 4.56. The lowest BCUT2D eigenvalue weighted by atomic mass is 10.1. The normalized spacial score (nSPS) is 15.0. The van der Waals surface area contributed by atoms with Gasteiger partial charge in [0.25, 0.3) is 0 Å². The molecule has 3 heteroatoms. The monoisotopic (exact) mass is 304 g/mol. The van der Waals surface area contributed by atoms with Gasteiger partial charge >= 0.3 is 0 Å². The summed E-state index contributed by atoms with van der Waals surface area (Å²) in [6.45, 7) is 3.03. The molecule has 0 atom stereocenters. The number of aromatic nitrogens is 2. The van der Waals surface area contributed by atoms with Gasteiger partial charge in [-0.15, -0.1) is 0 Å². The van der Waals surface area contributed by atoms with Crippen LogP contribution in [0.1, 0.15) is 41.1 Å². The average Bonchev–Trinajstić information content (AvgIpc) is 3.11. The molecule has 0 radical (unpaired) electrons. The molecule has 0 spiro atoms. The predicted molar refractivity (Wildman–Crippen MR) is 77.1 cm³/mol. The van der Waals surface area contributed by atoms with Crippen LogP contribution in [0.25, 0.3) is 0 Å². The Morgan fingerprint density at radius 2 is 2.22 bits per heavy atom. The Hall–Kier alpha value is -1.09. The third-order valence-electron chi connectivity index (χ3n) is 3.48. The second-order valence-corrected chi connectivity index (χ2v) is 5.67. The summed E-state index contributed by atoms with van der Waals surface area (Å²) in [5.74, 6) is 0.741. The van der Waals surface area contributed by atoms with Gasteiger partial charge in [0.1, 0.15) is 0 Å². The molecular weight excluding hydrogens is 288 g/mol. The lowest BCUT2D eigenvalue weighted by Crippen LogP contribution is -2.06. The van der Waals surface area contributed by atoms with Gasteiger partial charge in [-0.05, 0) is 25.3 Å². The molecule has 1 aliphatic rings. The summed E-state index contributed by atoms with van der Waals surface area (Å²) in [5.41, 5.74) is 5.44. The van der Waals surface area contributed by atoms with Gasteiger partial charge in [-0.3, -0.25) is 4.68 Å². The SMILES string of the molecule is Cc1cccc(Cn2ncc(CBr)c2C2CC2)c1. The molecular formula is C15H17BrN2. The molecule has 1 heterocycles. The molecule has 1 aromatic heterocycles. The first-order chi connectivity index (χ1) is 8.78. The number of hydrogen-bond acceptors (Lipinski definition) is 1. The Kier molecular flexibility index (Phi) is 3.25. The fourth-order valence-corrected chi connectivity index (χ4v) is 2.91. The highest BCUT2D eigenvalue weighted by atomic mass is 79.9. The molecule has 0 bridgehead atoms. The number of rotatable bonds is 4. The maximum atomic E-state index is 4.56. The van der Waals surface area contributed by atoms with Crippen LogP contribution < -0.4 is 0 Å². The van der Waals surface area contributed by atoms with Crippen molar-refractivity contribution in [2.45, 2.75) is 37.6 Å². The number of alkyl halides is 1. The molecule has 1 aromatic carbocycles. The Bertz CT molecular complexity index is 555. The van der Waals surface area contributed by atoms with Gasteiger partial charge in [0.2, 0.25) is 0 Å². The second-order valence-electron chi connectivity index (χ2n) is 5.11. The van der Waals surface area contributed by atoms with Gasteiger partial charge in [-0.2, -0.15) is 5.10 Å². The Labute approximate surface area is 116 Å². The van der Waals surface area contributed by atoms with Crippen LogP contribution in [0.5, 0.6) is 0 Å². The van der Waals surface area contributed by atoms with Crippen molar-refractivity contribution in [2.75, 3.05) is 0 Å². The van der Waals surface area contributed by atoms with Crippen molar-refractivity contribution in [1.29, 1.82) is 0 Å². The highest BCUT2D eigenvalue weighted by molar-refractivity contribution is 9.08. The quantitative estimate of drug-likeness (QED) is 0.780. The predicted octanol–water partition coefficient (Wildman–Crippen LogP) is 4.01. The minimum Gasteiger partial charge on any atom is -0.265 e. The minimum absolute atomic E-state index is 0.741.